The van der Waals surface area contributed by atoms with Crippen molar-refractivity contribution in [3.05, 3.63) is 117 Å². The molecule has 0 aliphatic heterocycles. The molecule has 0 atom stereocenters. The van der Waals surface area contributed by atoms with Gasteiger partial charge in [0.1, 0.15) is 23.6 Å². The predicted octanol–water partition coefficient (Wildman–Crippen LogP) is 6.66. The Morgan fingerprint density at radius 3 is 2.31 bits per heavy atom. The number of carboxylic acid groups (broad SMARTS) is 1. The monoisotopic (exact) mass is 506 g/mol. The van der Waals surface area contributed by atoms with Crippen LogP contribution in [0, 0.1) is 0 Å². The number of carboxylic acids is 1. The maximum Gasteiger partial charge on any atom is 0.339 e. The lowest BCUT2D eigenvalue weighted by Gasteiger charge is -2.19. The highest BCUT2D eigenvalue weighted by Gasteiger charge is 2.18. The van der Waals surface area contributed by atoms with Crippen LogP contribution >= 0.6 is 23.2 Å². The van der Waals surface area contributed by atoms with Crippen LogP contribution in [0.3, 0.4) is 0 Å². The molecule has 176 valence electrons. The predicted molar refractivity (Wildman–Crippen MR) is 136 cm³/mol. The first-order chi connectivity index (χ1) is 16.8. The van der Waals surface area contributed by atoms with Crippen LogP contribution in [-0.2, 0) is 6.61 Å². The fraction of sp³-hybridized carbons (Fsp3) is 0.0741. The van der Waals surface area contributed by atoms with Crippen LogP contribution in [-0.4, -0.2) is 28.9 Å². The molecule has 0 unspecified atom stereocenters. The molecule has 0 fully saturated rings. The topological polar surface area (TPSA) is 79.7 Å². The summed E-state index contributed by atoms with van der Waals surface area (Å²) in [6.45, 7) is 0.0946. The van der Waals surface area contributed by atoms with E-state index in [1.165, 1.54) is 18.2 Å². The van der Waals surface area contributed by atoms with E-state index < -0.39 is 11.8 Å². The molecule has 0 aliphatic rings. The fourth-order valence-electron chi connectivity index (χ4n) is 3.42. The molecule has 4 aromatic rings. The van der Waals surface area contributed by atoms with Crippen LogP contribution in [0.4, 0.5) is 11.4 Å². The van der Waals surface area contributed by atoms with Gasteiger partial charge < -0.3 is 14.7 Å². The molecule has 6 nitrogen and oxygen atoms in total. The summed E-state index contributed by atoms with van der Waals surface area (Å²) < 4.78 is 5.69. The van der Waals surface area contributed by atoms with Crippen molar-refractivity contribution in [2.45, 2.75) is 6.61 Å². The summed E-state index contributed by atoms with van der Waals surface area (Å²) in [5.74, 6) is -1.46. The van der Waals surface area contributed by atoms with Gasteiger partial charge in [-0.2, -0.15) is 0 Å². The van der Waals surface area contributed by atoms with Crippen molar-refractivity contribution < 1.29 is 19.4 Å². The number of nitrogens with zero attached hydrogens (tertiary/aromatic N) is 2. The second kappa shape index (κ2) is 10.6. The molecule has 3 aromatic carbocycles. The number of hydrogen-bond acceptors (Lipinski definition) is 5. The molecular formula is C27H20Cl2N2O4. The maximum atomic E-state index is 13.0. The van der Waals surface area contributed by atoms with E-state index in [4.69, 9.17) is 27.9 Å². The Morgan fingerprint density at radius 1 is 0.943 bits per heavy atom. The lowest BCUT2D eigenvalue weighted by molar-refractivity contribution is 0.0691. The molecule has 0 spiro atoms. The van der Waals surface area contributed by atoms with E-state index in [0.717, 1.165) is 16.9 Å². The minimum absolute atomic E-state index is 0.0946. The van der Waals surface area contributed by atoms with Gasteiger partial charge in [-0.1, -0.05) is 41.4 Å². The zero-order valence-electron chi connectivity index (χ0n) is 18.6. The number of benzene rings is 3. The first-order valence-corrected chi connectivity index (χ1v) is 11.3. The van der Waals surface area contributed by atoms with Gasteiger partial charge in [-0.15, -0.1) is 0 Å². The Morgan fingerprint density at radius 2 is 1.66 bits per heavy atom. The van der Waals surface area contributed by atoms with Gasteiger partial charge in [-0.05, 0) is 60.7 Å². The number of ether oxygens (including phenoxy) is 1. The van der Waals surface area contributed by atoms with Crippen LogP contribution < -0.4 is 9.64 Å². The molecule has 0 saturated heterocycles. The highest BCUT2D eigenvalue weighted by molar-refractivity contribution is 6.31. The lowest BCUT2D eigenvalue weighted by atomic mass is 10.0. The summed E-state index contributed by atoms with van der Waals surface area (Å²) in [7, 11) is 1.88. The molecule has 1 aromatic heterocycles. The number of rotatable bonds is 8. The summed E-state index contributed by atoms with van der Waals surface area (Å²) in [6.07, 6.45) is 1.58. The first-order valence-electron chi connectivity index (χ1n) is 10.6. The Hall–Kier alpha value is -3.87. The minimum Gasteiger partial charge on any atom is -0.488 e. The standard InChI is InChI=1S/C27H20Cl2N2O4/c1-31(20-9-7-19(28)8-10-20)21-11-12-24(30-15-21)26(32)17-6-13-25(22(14-17)27(33)34)35-16-18-4-2-3-5-23(18)29/h2-15H,16H2,1H3,(H,33,34). The molecule has 0 saturated carbocycles. The van der Waals surface area contributed by atoms with E-state index in [1.807, 2.05) is 30.1 Å². The van der Waals surface area contributed by atoms with E-state index >= 15 is 0 Å². The summed E-state index contributed by atoms with van der Waals surface area (Å²) in [5, 5.41) is 10.8. The van der Waals surface area contributed by atoms with E-state index in [2.05, 4.69) is 4.98 Å². The highest BCUT2D eigenvalue weighted by Crippen LogP contribution is 2.27. The molecule has 1 heterocycles. The second-order valence-corrected chi connectivity index (χ2v) is 8.51. The normalized spacial score (nSPS) is 10.6. The summed E-state index contributed by atoms with van der Waals surface area (Å²) in [4.78, 5) is 31.0. The SMILES string of the molecule is CN(c1ccc(Cl)cc1)c1ccc(C(=O)c2ccc(OCc3ccccc3Cl)c(C(=O)O)c2)nc1. The number of carbonyl (C=O) groups excluding carboxylic acids is 1. The van der Waals surface area contributed by atoms with Gasteiger partial charge in [0.15, 0.2) is 0 Å². The zero-order chi connectivity index (χ0) is 24.9. The van der Waals surface area contributed by atoms with Crippen molar-refractivity contribution in [2.75, 3.05) is 11.9 Å². The van der Waals surface area contributed by atoms with E-state index in [0.29, 0.717) is 10.0 Å². The number of carbonyl (C=O) groups is 2. The largest absolute Gasteiger partial charge is 0.488 e. The van der Waals surface area contributed by atoms with Crippen LogP contribution in [0.5, 0.6) is 5.75 Å². The van der Waals surface area contributed by atoms with Crippen molar-refractivity contribution in [2.24, 2.45) is 0 Å². The van der Waals surface area contributed by atoms with Gasteiger partial charge in [0.2, 0.25) is 5.78 Å². The smallest absolute Gasteiger partial charge is 0.339 e. The third-order valence-corrected chi connectivity index (χ3v) is 6.02. The van der Waals surface area contributed by atoms with E-state index in [9.17, 15) is 14.7 Å². The molecule has 0 amide bonds. The second-order valence-electron chi connectivity index (χ2n) is 7.66. The van der Waals surface area contributed by atoms with Gasteiger partial charge in [0.25, 0.3) is 0 Å². The number of aromatic nitrogens is 1. The third kappa shape index (κ3) is 5.62. The number of aromatic carboxylic acids is 1. The van der Waals surface area contributed by atoms with E-state index in [-0.39, 0.29) is 29.2 Å². The van der Waals surface area contributed by atoms with Crippen LogP contribution in [0.15, 0.2) is 85.1 Å². The van der Waals surface area contributed by atoms with Crippen LogP contribution in [0.2, 0.25) is 10.0 Å². The lowest BCUT2D eigenvalue weighted by Crippen LogP contribution is -2.11. The van der Waals surface area contributed by atoms with Crippen LogP contribution in [0.25, 0.3) is 0 Å². The van der Waals surface area contributed by atoms with Gasteiger partial charge in [-0.3, -0.25) is 9.78 Å². The van der Waals surface area contributed by atoms with E-state index in [1.54, 1.807) is 48.7 Å². The van der Waals surface area contributed by atoms with Crippen molar-refractivity contribution in [3.8, 4) is 5.75 Å². The summed E-state index contributed by atoms with van der Waals surface area (Å²) in [6, 6.07) is 22.1. The number of anilines is 2. The van der Waals surface area contributed by atoms with Crippen molar-refractivity contribution in [3.63, 3.8) is 0 Å². The Kier molecular flexibility index (Phi) is 7.34. The third-order valence-electron chi connectivity index (χ3n) is 5.39. The fourth-order valence-corrected chi connectivity index (χ4v) is 3.73. The Balaban J connectivity index is 1.52. The molecule has 35 heavy (non-hydrogen) atoms. The number of pyridine rings is 1. The molecule has 1 N–H and O–H groups in total. The van der Waals surface area contributed by atoms with Gasteiger partial charge in [0, 0.05) is 33.9 Å². The number of ketones is 1. The maximum absolute atomic E-state index is 13.0. The Labute approximate surface area is 212 Å². The molecule has 0 aliphatic carbocycles. The molecular weight excluding hydrogens is 487 g/mol. The van der Waals surface area contributed by atoms with Crippen molar-refractivity contribution in [1.29, 1.82) is 0 Å². The average molecular weight is 507 g/mol. The molecule has 0 bridgehead atoms. The minimum atomic E-state index is -1.21. The van der Waals surface area contributed by atoms with Crippen molar-refractivity contribution >= 4 is 46.3 Å². The first kappa shape index (κ1) is 24.3. The van der Waals surface area contributed by atoms with Crippen molar-refractivity contribution in [1.82, 2.24) is 4.98 Å². The number of halogens is 2. The van der Waals surface area contributed by atoms with Gasteiger partial charge >= 0.3 is 5.97 Å². The molecule has 0 radical (unpaired) electrons. The highest BCUT2D eigenvalue weighted by atomic mass is 35.5. The average Bonchev–Trinajstić information content (AvgIpc) is 2.88. The van der Waals surface area contributed by atoms with Gasteiger partial charge in [-0.25, -0.2) is 4.79 Å². The number of hydrogen-bond donors (Lipinski definition) is 1. The summed E-state index contributed by atoms with van der Waals surface area (Å²) in [5.41, 5.74) is 2.67. The Bertz CT molecular complexity index is 1370. The van der Waals surface area contributed by atoms with Crippen LogP contribution in [0.1, 0.15) is 32.0 Å². The summed E-state index contributed by atoms with van der Waals surface area (Å²) >= 11 is 12.1. The quantitative estimate of drug-likeness (QED) is 0.269. The zero-order valence-corrected chi connectivity index (χ0v) is 20.1. The molecule has 8 heteroatoms. The van der Waals surface area contributed by atoms with Gasteiger partial charge in [0.05, 0.1) is 11.9 Å². The molecule has 4 rings (SSSR count).